The molecule has 0 radical (unpaired) electrons. The van der Waals surface area contributed by atoms with Gasteiger partial charge >= 0.3 is 0 Å². The largest absolute Gasteiger partial charge is 0.472 e. The molecule has 0 unspecified atom stereocenters. The number of anilines is 1. The number of nitrogens with zero attached hydrogens (tertiary/aromatic N) is 3. The first-order chi connectivity index (χ1) is 8.33. The van der Waals surface area contributed by atoms with E-state index in [1.54, 1.807) is 24.3 Å². The maximum absolute atomic E-state index is 5.07. The van der Waals surface area contributed by atoms with Crippen molar-refractivity contribution in [2.24, 2.45) is 0 Å². The summed E-state index contributed by atoms with van der Waals surface area (Å²) in [7, 11) is 0. The van der Waals surface area contributed by atoms with E-state index in [-0.39, 0.29) is 0 Å². The van der Waals surface area contributed by atoms with Crippen LogP contribution in [0.25, 0.3) is 0 Å². The Bertz CT molecular complexity index is 441. The van der Waals surface area contributed by atoms with Gasteiger partial charge in [-0.1, -0.05) is 0 Å². The van der Waals surface area contributed by atoms with Crippen LogP contribution in [0.4, 0.5) is 5.82 Å². The average Bonchev–Trinajstić information content (AvgIpc) is 2.89. The lowest BCUT2D eigenvalue weighted by molar-refractivity contribution is 0.563. The van der Waals surface area contributed by atoms with Crippen molar-refractivity contribution in [1.82, 2.24) is 10.2 Å². The SMILES string of the molecule is CCN(Cc1ccoc1)c1ccc(SC)nn1. The molecule has 0 fully saturated rings. The number of furan rings is 1. The maximum Gasteiger partial charge on any atom is 0.151 e. The fraction of sp³-hybridized carbons (Fsp3) is 0.333. The fourth-order valence-electron chi connectivity index (χ4n) is 1.55. The summed E-state index contributed by atoms with van der Waals surface area (Å²) in [6.45, 7) is 3.78. The summed E-state index contributed by atoms with van der Waals surface area (Å²) in [5.74, 6) is 0.895. The first kappa shape index (κ1) is 12.0. The van der Waals surface area contributed by atoms with Gasteiger partial charge in [0.1, 0.15) is 5.03 Å². The molecule has 5 heteroatoms. The minimum absolute atomic E-state index is 0.792. The summed E-state index contributed by atoms with van der Waals surface area (Å²) < 4.78 is 5.07. The van der Waals surface area contributed by atoms with Gasteiger partial charge in [0.2, 0.25) is 0 Å². The molecule has 0 aliphatic rings. The molecular weight excluding hydrogens is 234 g/mol. The van der Waals surface area contributed by atoms with Crippen LogP contribution in [0.1, 0.15) is 12.5 Å². The van der Waals surface area contributed by atoms with Crippen molar-refractivity contribution in [2.45, 2.75) is 18.5 Å². The number of rotatable bonds is 5. The van der Waals surface area contributed by atoms with E-state index in [1.807, 2.05) is 24.5 Å². The zero-order valence-corrected chi connectivity index (χ0v) is 10.8. The lowest BCUT2D eigenvalue weighted by Crippen LogP contribution is -2.23. The van der Waals surface area contributed by atoms with Gasteiger partial charge in [-0.25, -0.2) is 0 Å². The molecule has 0 amide bonds. The van der Waals surface area contributed by atoms with E-state index < -0.39 is 0 Å². The van der Waals surface area contributed by atoms with Gasteiger partial charge in [0.25, 0.3) is 0 Å². The third-order valence-electron chi connectivity index (χ3n) is 2.49. The molecular formula is C12H15N3OS. The number of aromatic nitrogens is 2. The average molecular weight is 249 g/mol. The van der Waals surface area contributed by atoms with Crippen molar-refractivity contribution in [3.05, 3.63) is 36.3 Å². The van der Waals surface area contributed by atoms with Gasteiger partial charge in [-0.15, -0.1) is 22.0 Å². The van der Waals surface area contributed by atoms with E-state index in [4.69, 9.17) is 4.42 Å². The Morgan fingerprint density at radius 3 is 2.71 bits per heavy atom. The van der Waals surface area contributed by atoms with E-state index in [2.05, 4.69) is 22.0 Å². The Morgan fingerprint density at radius 1 is 1.29 bits per heavy atom. The van der Waals surface area contributed by atoms with Crippen molar-refractivity contribution >= 4 is 17.6 Å². The second-order valence-corrected chi connectivity index (χ2v) is 4.41. The molecule has 2 aromatic rings. The minimum Gasteiger partial charge on any atom is -0.472 e. The van der Waals surface area contributed by atoms with Crippen LogP contribution >= 0.6 is 11.8 Å². The molecule has 0 spiro atoms. The van der Waals surface area contributed by atoms with E-state index >= 15 is 0 Å². The molecule has 2 heterocycles. The van der Waals surface area contributed by atoms with Gasteiger partial charge < -0.3 is 9.32 Å². The van der Waals surface area contributed by atoms with E-state index in [1.165, 1.54) is 0 Å². The lowest BCUT2D eigenvalue weighted by atomic mass is 10.3. The fourth-order valence-corrected chi connectivity index (χ4v) is 1.87. The zero-order valence-electron chi connectivity index (χ0n) is 9.96. The Labute approximate surface area is 105 Å². The normalized spacial score (nSPS) is 10.5. The van der Waals surface area contributed by atoms with Gasteiger partial charge in [-0.2, -0.15) is 0 Å². The molecule has 0 aliphatic carbocycles. The van der Waals surface area contributed by atoms with Gasteiger partial charge in [-0.05, 0) is 31.4 Å². The number of hydrogen-bond acceptors (Lipinski definition) is 5. The third-order valence-corrected chi connectivity index (χ3v) is 3.13. The predicted octanol–water partition coefficient (Wildman–Crippen LogP) is 2.82. The van der Waals surface area contributed by atoms with Crippen LogP contribution in [0.15, 0.2) is 40.2 Å². The highest BCUT2D eigenvalue weighted by molar-refractivity contribution is 7.98. The van der Waals surface area contributed by atoms with E-state index in [9.17, 15) is 0 Å². The van der Waals surface area contributed by atoms with E-state index in [0.29, 0.717) is 0 Å². The predicted molar refractivity (Wildman–Crippen MR) is 69.2 cm³/mol. The summed E-state index contributed by atoms with van der Waals surface area (Å²) in [6, 6.07) is 5.96. The Kier molecular flexibility index (Phi) is 4.03. The van der Waals surface area contributed by atoms with Crippen LogP contribution in [0, 0.1) is 0 Å². The van der Waals surface area contributed by atoms with Gasteiger partial charge in [0, 0.05) is 18.7 Å². The second kappa shape index (κ2) is 5.72. The number of thioether (sulfide) groups is 1. The summed E-state index contributed by atoms with van der Waals surface area (Å²) in [5, 5.41) is 9.31. The molecule has 0 bridgehead atoms. The second-order valence-electron chi connectivity index (χ2n) is 3.58. The molecule has 0 saturated heterocycles. The molecule has 2 aromatic heterocycles. The van der Waals surface area contributed by atoms with Crippen LogP contribution in [0.5, 0.6) is 0 Å². The molecule has 4 nitrogen and oxygen atoms in total. The smallest absolute Gasteiger partial charge is 0.151 e. The van der Waals surface area contributed by atoms with Gasteiger partial charge in [0.15, 0.2) is 5.82 Å². The zero-order chi connectivity index (χ0) is 12.1. The standard InChI is InChI=1S/C12H15N3OS/c1-3-15(8-10-6-7-16-9-10)11-4-5-12(17-2)14-13-11/h4-7,9H,3,8H2,1-2H3. The molecule has 17 heavy (non-hydrogen) atoms. The Balaban J connectivity index is 2.11. The van der Waals surface area contributed by atoms with Crippen molar-refractivity contribution in [1.29, 1.82) is 0 Å². The summed E-state index contributed by atoms with van der Waals surface area (Å²) in [6.07, 6.45) is 5.44. The minimum atomic E-state index is 0.792. The van der Waals surface area contributed by atoms with Crippen molar-refractivity contribution in [3.63, 3.8) is 0 Å². The highest BCUT2D eigenvalue weighted by Crippen LogP contribution is 2.16. The molecule has 0 aromatic carbocycles. The van der Waals surface area contributed by atoms with Gasteiger partial charge in [-0.3, -0.25) is 0 Å². The summed E-state index contributed by atoms with van der Waals surface area (Å²) in [4.78, 5) is 2.15. The lowest BCUT2D eigenvalue weighted by Gasteiger charge is -2.20. The van der Waals surface area contributed by atoms with Crippen molar-refractivity contribution < 1.29 is 4.42 Å². The van der Waals surface area contributed by atoms with Crippen LogP contribution in [0.3, 0.4) is 0 Å². The van der Waals surface area contributed by atoms with E-state index in [0.717, 1.165) is 29.5 Å². The molecule has 90 valence electrons. The van der Waals surface area contributed by atoms with Crippen molar-refractivity contribution in [2.75, 3.05) is 17.7 Å². The quantitative estimate of drug-likeness (QED) is 0.762. The summed E-state index contributed by atoms with van der Waals surface area (Å²) in [5.41, 5.74) is 1.14. The monoisotopic (exact) mass is 249 g/mol. The Morgan fingerprint density at radius 2 is 2.18 bits per heavy atom. The van der Waals surface area contributed by atoms with Crippen LogP contribution < -0.4 is 4.90 Å². The Hall–Kier alpha value is -1.49. The first-order valence-corrected chi connectivity index (χ1v) is 6.69. The molecule has 0 saturated carbocycles. The first-order valence-electron chi connectivity index (χ1n) is 5.47. The molecule has 2 rings (SSSR count). The van der Waals surface area contributed by atoms with Crippen molar-refractivity contribution in [3.8, 4) is 0 Å². The highest BCUT2D eigenvalue weighted by atomic mass is 32.2. The van der Waals surface area contributed by atoms with Crippen LogP contribution in [0.2, 0.25) is 0 Å². The van der Waals surface area contributed by atoms with Gasteiger partial charge in [0.05, 0.1) is 12.5 Å². The third kappa shape index (κ3) is 3.00. The van der Waals surface area contributed by atoms with Crippen LogP contribution in [-0.4, -0.2) is 23.0 Å². The number of hydrogen-bond donors (Lipinski definition) is 0. The highest BCUT2D eigenvalue weighted by Gasteiger charge is 2.08. The molecule has 0 atom stereocenters. The molecule has 0 N–H and O–H groups in total. The summed E-state index contributed by atoms with van der Waals surface area (Å²) >= 11 is 1.60. The van der Waals surface area contributed by atoms with Crippen LogP contribution in [-0.2, 0) is 6.54 Å². The maximum atomic E-state index is 5.07. The topological polar surface area (TPSA) is 42.2 Å². The molecule has 0 aliphatic heterocycles.